The second-order valence-corrected chi connectivity index (χ2v) is 6.25. The van der Waals surface area contributed by atoms with E-state index in [0.717, 1.165) is 23.4 Å². The van der Waals surface area contributed by atoms with Crippen molar-refractivity contribution in [2.45, 2.75) is 26.3 Å². The molecule has 4 heteroatoms. The summed E-state index contributed by atoms with van der Waals surface area (Å²) in [5, 5.41) is 3.65. The number of amides is 1. The van der Waals surface area contributed by atoms with Crippen LogP contribution in [-0.4, -0.2) is 18.5 Å². The molecule has 1 atom stereocenters. The first-order chi connectivity index (χ1) is 10.5. The Morgan fingerprint density at radius 1 is 1.32 bits per heavy atom. The third-order valence-electron chi connectivity index (χ3n) is 4.12. The average molecular weight is 315 g/mol. The second kappa shape index (κ2) is 6.01. The zero-order chi connectivity index (χ0) is 15.7. The maximum absolute atomic E-state index is 12.4. The number of anilines is 2. The van der Waals surface area contributed by atoms with E-state index in [2.05, 4.69) is 29.3 Å². The molecule has 2 aromatic rings. The molecule has 0 saturated heterocycles. The lowest BCUT2D eigenvalue weighted by atomic mass is 10.1. The fraction of sp³-hybridized carbons (Fsp3) is 0.278. The van der Waals surface area contributed by atoms with Crippen LogP contribution in [0.1, 0.15) is 18.1 Å². The Labute approximate surface area is 135 Å². The predicted octanol–water partition coefficient (Wildman–Crippen LogP) is 4.04. The van der Waals surface area contributed by atoms with Crippen LogP contribution in [0.15, 0.2) is 42.5 Å². The second-order valence-electron chi connectivity index (χ2n) is 5.82. The number of benzene rings is 2. The van der Waals surface area contributed by atoms with Crippen LogP contribution in [0.5, 0.6) is 0 Å². The van der Waals surface area contributed by atoms with Crippen LogP contribution in [0.2, 0.25) is 5.02 Å². The molecule has 0 spiro atoms. The van der Waals surface area contributed by atoms with Crippen molar-refractivity contribution in [3.05, 3.63) is 58.6 Å². The van der Waals surface area contributed by atoms with E-state index in [1.807, 2.05) is 31.2 Å². The summed E-state index contributed by atoms with van der Waals surface area (Å²) < 4.78 is 0. The minimum absolute atomic E-state index is 0.00558. The zero-order valence-electron chi connectivity index (χ0n) is 12.8. The maximum Gasteiger partial charge on any atom is 0.243 e. The highest BCUT2D eigenvalue weighted by atomic mass is 35.5. The summed E-state index contributed by atoms with van der Waals surface area (Å²) in [5.41, 5.74) is 4.26. The van der Waals surface area contributed by atoms with Gasteiger partial charge in [-0.05, 0) is 55.7 Å². The number of carbonyl (C=O) groups is 1. The number of para-hydroxylation sites is 1. The number of aryl methyl sites for hydroxylation is 1. The molecule has 1 heterocycles. The number of hydrogen-bond acceptors (Lipinski definition) is 2. The van der Waals surface area contributed by atoms with E-state index in [-0.39, 0.29) is 5.91 Å². The monoisotopic (exact) mass is 314 g/mol. The van der Waals surface area contributed by atoms with Crippen LogP contribution in [-0.2, 0) is 11.2 Å². The highest BCUT2D eigenvalue weighted by Gasteiger charge is 2.27. The van der Waals surface area contributed by atoms with Crippen molar-refractivity contribution in [3.63, 3.8) is 0 Å². The third kappa shape index (κ3) is 2.95. The molecule has 0 bridgehead atoms. The van der Waals surface area contributed by atoms with Crippen LogP contribution in [0.4, 0.5) is 11.4 Å². The van der Waals surface area contributed by atoms with Gasteiger partial charge in [0.05, 0.1) is 6.54 Å². The lowest BCUT2D eigenvalue weighted by Gasteiger charge is -2.24. The van der Waals surface area contributed by atoms with E-state index in [4.69, 9.17) is 11.6 Å². The number of carbonyl (C=O) groups excluding carboxylic acids is 1. The molecule has 3 rings (SSSR count). The number of nitrogens with one attached hydrogen (secondary N) is 1. The Bertz CT molecular complexity index is 714. The number of rotatable bonds is 3. The Balaban J connectivity index is 1.72. The van der Waals surface area contributed by atoms with Gasteiger partial charge in [0, 0.05) is 22.4 Å². The largest absolute Gasteiger partial charge is 0.359 e. The molecule has 0 saturated carbocycles. The van der Waals surface area contributed by atoms with Gasteiger partial charge in [-0.1, -0.05) is 29.8 Å². The summed E-state index contributed by atoms with van der Waals surface area (Å²) in [5.74, 6) is -0.00558. The third-order valence-corrected chi connectivity index (χ3v) is 4.36. The predicted molar refractivity (Wildman–Crippen MR) is 91.8 cm³/mol. The lowest BCUT2D eigenvalue weighted by molar-refractivity contribution is -0.115. The van der Waals surface area contributed by atoms with Crippen molar-refractivity contribution in [1.82, 2.24) is 0 Å². The summed E-state index contributed by atoms with van der Waals surface area (Å²) in [6.07, 6.45) is 0.990. The molecule has 114 valence electrons. The SMILES string of the molecule is Cc1cc(Cl)ccc1NC(=O)CN1c2ccccc2C[C@H]1C. The summed E-state index contributed by atoms with van der Waals surface area (Å²) in [6.45, 7) is 4.45. The average Bonchev–Trinajstić information content (AvgIpc) is 2.78. The number of fused-ring (bicyclic) bond motifs is 1. The van der Waals surface area contributed by atoms with Gasteiger partial charge in [0.25, 0.3) is 0 Å². The van der Waals surface area contributed by atoms with Crippen LogP contribution in [0, 0.1) is 6.92 Å². The molecular weight excluding hydrogens is 296 g/mol. The highest BCUT2D eigenvalue weighted by molar-refractivity contribution is 6.30. The van der Waals surface area contributed by atoms with E-state index in [0.29, 0.717) is 17.6 Å². The normalized spacial score (nSPS) is 16.5. The van der Waals surface area contributed by atoms with Crippen molar-refractivity contribution in [2.75, 3.05) is 16.8 Å². The fourth-order valence-corrected chi connectivity index (χ4v) is 3.21. The van der Waals surface area contributed by atoms with Crippen LogP contribution >= 0.6 is 11.6 Å². The molecule has 0 fully saturated rings. The molecule has 1 aliphatic rings. The molecule has 0 aliphatic carbocycles. The van der Waals surface area contributed by atoms with Gasteiger partial charge in [0.2, 0.25) is 5.91 Å². The van der Waals surface area contributed by atoms with Gasteiger partial charge < -0.3 is 10.2 Å². The van der Waals surface area contributed by atoms with E-state index in [9.17, 15) is 4.79 Å². The van der Waals surface area contributed by atoms with Crippen molar-refractivity contribution in [3.8, 4) is 0 Å². The van der Waals surface area contributed by atoms with Gasteiger partial charge in [-0.25, -0.2) is 0 Å². The molecule has 0 aromatic heterocycles. The maximum atomic E-state index is 12.4. The lowest BCUT2D eigenvalue weighted by Crippen LogP contribution is -2.37. The topological polar surface area (TPSA) is 32.3 Å². The smallest absolute Gasteiger partial charge is 0.243 e. The van der Waals surface area contributed by atoms with E-state index in [1.54, 1.807) is 6.07 Å². The molecule has 0 unspecified atom stereocenters. The van der Waals surface area contributed by atoms with Gasteiger partial charge in [-0.2, -0.15) is 0 Å². The number of halogens is 1. The Kier molecular flexibility index (Phi) is 4.08. The van der Waals surface area contributed by atoms with E-state index < -0.39 is 0 Å². The fourth-order valence-electron chi connectivity index (χ4n) is 2.98. The highest BCUT2D eigenvalue weighted by Crippen LogP contribution is 2.31. The first kappa shape index (κ1) is 14.9. The van der Waals surface area contributed by atoms with Crippen molar-refractivity contribution < 1.29 is 4.79 Å². The Morgan fingerprint density at radius 3 is 2.86 bits per heavy atom. The van der Waals surface area contributed by atoms with Gasteiger partial charge in [-0.15, -0.1) is 0 Å². The standard InChI is InChI=1S/C18H19ClN2O/c1-12-9-15(19)7-8-16(12)20-18(22)11-21-13(2)10-14-5-3-4-6-17(14)21/h3-9,13H,10-11H2,1-2H3,(H,20,22)/t13-/m1/s1. The van der Waals surface area contributed by atoms with Crippen LogP contribution in [0.3, 0.4) is 0 Å². The molecule has 1 N–H and O–H groups in total. The van der Waals surface area contributed by atoms with Crippen molar-refractivity contribution in [2.24, 2.45) is 0 Å². The molecule has 2 aromatic carbocycles. The van der Waals surface area contributed by atoms with Gasteiger partial charge >= 0.3 is 0 Å². The van der Waals surface area contributed by atoms with Crippen molar-refractivity contribution >= 4 is 28.9 Å². The summed E-state index contributed by atoms with van der Waals surface area (Å²) in [6, 6.07) is 14.1. The molecule has 22 heavy (non-hydrogen) atoms. The van der Waals surface area contributed by atoms with E-state index >= 15 is 0 Å². The number of hydrogen-bond donors (Lipinski definition) is 1. The molecule has 1 aliphatic heterocycles. The Morgan fingerprint density at radius 2 is 2.09 bits per heavy atom. The van der Waals surface area contributed by atoms with Crippen LogP contribution in [0.25, 0.3) is 0 Å². The quantitative estimate of drug-likeness (QED) is 0.927. The molecule has 3 nitrogen and oxygen atoms in total. The first-order valence-electron chi connectivity index (χ1n) is 7.45. The van der Waals surface area contributed by atoms with Crippen LogP contribution < -0.4 is 10.2 Å². The first-order valence-corrected chi connectivity index (χ1v) is 7.83. The molecular formula is C18H19ClN2O. The van der Waals surface area contributed by atoms with Gasteiger partial charge in [-0.3, -0.25) is 4.79 Å². The summed E-state index contributed by atoms with van der Waals surface area (Å²) in [7, 11) is 0. The Hall–Kier alpha value is -2.00. The molecule has 0 radical (unpaired) electrons. The van der Waals surface area contributed by atoms with Gasteiger partial charge in [0.1, 0.15) is 0 Å². The minimum atomic E-state index is -0.00558. The summed E-state index contributed by atoms with van der Waals surface area (Å²) >= 11 is 5.95. The van der Waals surface area contributed by atoms with Crippen molar-refractivity contribution in [1.29, 1.82) is 0 Å². The minimum Gasteiger partial charge on any atom is -0.359 e. The van der Waals surface area contributed by atoms with E-state index in [1.165, 1.54) is 5.56 Å². The molecule has 1 amide bonds. The summed E-state index contributed by atoms with van der Waals surface area (Å²) in [4.78, 5) is 14.5. The van der Waals surface area contributed by atoms with Gasteiger partial charge in [0.15, 0.2) is 0 Å². The zero-order valence-corrected chi connectivity index (χ0v) is 13.5. The number of nitrogens with zero attached hydrogens (tertiary/aromatic N) is 1.